The summed E-state index contributed by atoms with van der Waals surface area (Å²) >= 11 is 0. The molecule has 0 saturated carbocycles. The van der Waals surface area contributed by atoms with Gasteiger partial charge in [0.25, 0.3) is 5.91 Å². The van der Waals surface area contributed by atoms with Crippen molar-refractivity contribution in [3.63, 3.8) is 0 Å². The lowest BCUT2D eigenvalue weighted by atomic mass is 9.91. The largest absolute Gasteiger partial charge is 0.495 e. The second kappa shape index (κ2) is 7.76. The normalized spacial score (nSPS) is 10.7. The van der Waals surface area contributed by atoms with E-state index in [-0.39, 0.29) is 5.91 Å². The van der Waals surface area contributed by atoms with Gasteiger partial charge in [-0.3, -0.25) is 4.79 Å². The van der Waals surface area contributed by atoms with Crippen molar-refractivity contribution >= 4 is 16.8 Å². The predicted molar refractivity (Wildman–Crippen MR) is 117 cm³/mol. The number of carbonyl (C=O) groups excluding carboxylic acids is 1. The number of fused-ring (bicyclic) bond motifs is 1. The fourth-order valence-corrected chi connectivity index (χ4v) is 3.58. The lowest BCUT2D eigenvalue weighted by Crippen LogP contribution is -2.24. The first-order chi connectivity index (χ1) is 14.1. The summed E-state index contributed by atoms with van der Waals surface area (Å²) in [6.45, 7) is 0. The van der Waals surface area contributed by atoms with Crippen LogP contribution >= 0.6 is 0 Å². The SMILES string of the molecule is COc1c(-c2ccccc2-c2ccccc2)c(C(=O)N(C)C)nc2ccccc12. The first-order valence-corrected chi connectivity index (χ1v) is 9.45. The molecule has 1 heterocycles. The molecule has 3 aromatic carbocycles. The highest BCUT2D eigenvalue weighted by atomic mass is 16.5. The number of benzene rings is 3. The zero-order valence-corrected chi connectivity index (χ0v) is 16.7. The minimum Gasteiger partial charge on any atom is -0.495 e. The maximum absolute atomic E-state index is 13.1. The minimum atomic E-state index is -0.160. The zero-order valence-electron chi connectivity index (χ0n) is 16.7. The molecule has 1 aromatic heterocycles. The Morgan fingerprint density at radius 3 is 2.14 bits per heavy atom. The summed E-state index contributed by atoms with van der Waals surface area (Å²) in [4.78, 5) is 19.4. The smallest absolute Gasteiger partial charge is 0.272 e. The van der Waals surface area contributed by atoms with Gasteiger partial charge >= 0.3 is 0 Å². The number of para-hydroxylation sites is 1. The standard InChI is InChI=1S/C25H22N2O2/c1-27(2)25(28)23-22(24(29-3)20-15-9-10-16-21(20)26-23)19-14-8-7-13-18(19)17-11-5-4-6-12-17/h4-16H,1-3H3. The summed E-state index contributed by atoms with van der Waals surface area (Å²) in [5.74, 6) is 0.496. The average molecular weight is 382 g/mol. The van der Waals surface area contributed by atoms with Crippen molar-refractivity contribution in [3.05, 3.63) is 84.6 Å². The molecule has 4 heteroatoms. The minimum absolute atomic E-state index is 0.160. The number of nitrogens with zero attached hydrogens (tertiary/aromatic N) is 2. The molecule has 0 unspecified atom stereocenters. The number of ether oxygens (including phenoxy) is 1. The molecule has 0 N–H and O–H groups in total. The van der Waals surface area contributed by atoms with Crippen LogP contribution in [-0.4, -0.2) is 37.0 Å². The van der Waals surface area contributed by atoms with Crippen LogP contribution < -0.4 is 4.74 Å². The van der Waals surface area contributed by atoms with Crippen molar-refractivity contribution in [3.8, 4) is 28.0 Å². The van der Waals surface area contributed by atoms with Crippen LogP contribution in [-0.2, 0) is 0 Å². The molecule has 0 aliphatic rings. The van der Waals surface area contributed by atoms with E-state index in [9.17, 15) is 4.79 Å². The summed E-state index contributed by atoms with van der Waals surface area (Å²) in [7, 11) is 5.11. The Morgan fingerprint density at radius 1 is 0.828 bits per heavy atom. The highest BCUT2D eigenvalue weighted by Gasteiger charge is 2.25. The Labute approximate surface area is 170 Å². The van der Waals surface area contributed by atoms with E-state index in [4.69, 9.17) is 9.72 Å². The monoisotopic (exact) mass is 382 g/mol. The van der Waals surface area contributed by atoms with Gasteiger partial charge in [0.2, 0.25) is 0 Å². The zero-order chi connectivity index (χ0) is 20.4. The molecule has 0 atom stereocenters. The second-order valence-electron chi connectivity index (χ2n) is 7.00. The average Bonchev–Trinajstić information content (AvgIpc) is 2.77. The summed E-state index contributed by atoms with van der Waals surface area (Å²) in [5.41, 5.74) is 4.84. The van der Waals surface area contributed by atoms with Gasteiger partial charge in [-0.2, -0.15) is 0 Å². The van der Waals surface area contributed by atoms with Crippen LogP contribution in [0.4, 0.5) is 0 Å². The van der Waals surface area contributed by atoms with Gasteiger partial charge in [0.05, 0.1) is 18.2 Å². The van der Waals surface area contributed by atoms with Crippen LogP contribution in [0.2, 0.25) is 0 Å². The van der Waals surface area contributed by atoms with Crippen LogP contribution in [0.1, 0.15) is 10.5 Å². The molecular weight excluding hydrogens is 360 g/mol. The second-order valence-corrected chi connectivity index (χ2v) is 7.00. The molecule has 1 amide bonds. The van der Waals surface area contributed by atoms with E-state index in [1.807, 2.05) is 60.7 Å². The van der Waals surface area contributed by atoms with Gasteiger partial charge in [0.15, 0.2) is 0 Å². The van der Waals surface area contributed by atoms with E-state index in [0.717, 1.165) is 27.6 Å². The van der Waals surface area contributed by atoms with Gasteiger partial charge in [0.1, 0.15) is 11.4 Å². The van der Waals surface area contributed by atoms with Crippen molar-refractivity contribution in [1.29, 1.82) is 0 Å². The molecule has 0 radical (unpaired) electrons. The van der Waals surface area contributed by atoms with Crippen LogP contribution in [0, 0.1) is 0 Å². The van der Waals surface area contributed by atoms with Crippen LogP contribution in [0.5, 0.6) is 5.75 Å². The quantitative estimate of drug-likeness (QED) is 0.482. The molecule has 0 saturated heterocycles. The number of hydrogen-bond acceptors (Lipinski definition) is 3. The van der Waals surface area contributed by atoms with E-state index in [1.165, 1.54) is 0 Å². The Morgan fingerprint density at radius 2 is 1.45 bits per heavy atom. The molecule has 0 fully saturated rings. The number of amides is 1. The number of methoxy groups -OCH3 is 1. The van der Waals surface area contributed by atoms with Gasteiger partial charge in [0, 0.05) is 19.5 Å². The maximum atomic E-state index is 13.1. The van der Waals surface area contributed by atoms with Gasteiger partial charge in [-0.15, -0.1) is 0 Å². The van der Waals surface area contributed by atoms with Crippen LogP contribution in [0.25, 0.3) is 33.2 Å². The molecule has 0 bridgehead atoms. The van der Waals surface area contributed by atoms with Crippen molar-refractivity contribution in [1.82, 2.24) is 9.88 Å². The van der Waals surface area contributed by atoms with E-state index < -0.39 is 0 Å². The lowest BCUT2D eigenvalue weighted by molar-refractivity contribution is 0.0823. The maximum Gasteiger partial charge on any atom is 0.272 e. The Bertz CT molecular complexity index is 1180. The Kier molecular flexibility index (Phi) is 5.00. The van der Waals surface area contributed by atoms with Crippen LogP contribution in [0.15, 0.2) is 78.9 Å². The van der Waals surface area contributed by atoms with E-state index in [0.29, 0.717) is 17.0 Å². The topological polar surface area (TPSA) is 42.4 Å². The van der Waals surface area contributed by atoms with Gasteiger partial charge in [-0.1, -0.05) is 66.7 Å². The highest BCUT2D eigenvalue weighted by Crippen LogP contribution is 2.42. The molecule has 0 aliphatic carbocycles. The van der Waals surface area contributed by atoms with Gasteiger partial charge < -0.3 is 9.64 Å². The fourth-order valence-electron chi connectivity index (χ4n) is 3.58. The fraction of sp³-hybridized carbons (Fsp3) is 0.120. The molecule has 4 nitrogen and oxygen atoms in total. The number of aromatic nitrogens is 1. The molecule has 29 heavy (non-hydrogen) atoms. The number of pyridine rings is 1. The first-order valence-electron chi connectivity index (χ1n) is 9.45. The molecule has 4 aromatic rings. The molecule has 144 valence electrons. The Balaban J connectivity index is 2.11. The molecule has 4 rings (SSSR count). The van der Waals surface area contributed by atoms with Crippen LogP contribution in [0.3, 0.4) is 0 Å². The van der Waals surface area contributed by atoms with Gasteiger partial charge in [-0.05, 0) is 28.8 Å². The summed E-state index contributed by atoms with van der Waals surface area (Å²) in [6.07, 6.45) is 0. The highest BCUT2D eigenvalue weighted by molar-refractivity contribution is 6.07. The summed E-state index contributed by atoms with van der Waals surface area (Å²) < 4.78 is 5.86. The number of hydrogen-bond donors (Lipinski definition) is 0. The predicted octanol–water partition coefficient (Wildman–Crippen LogP) is 5.28. The number of rotatable bonds is 4. The third-order valence-corrected chi connectivity index (χ3v) is 4.94. The Hall–Kier alpha value is -3.66. The van der Waals surface area contributed by atoms with Crippen molar-refractivity contribution < 1.29 is 9.53 Å². The van der Waals surface area contributed by atoms with Crippen molar-refractivity contribution in [2.45, 2.75) is 0 Å². The third kappa shape index (κ3) is 3.34. The van der Waals surface area contributed by atoms with Crippen molar-refractivity contribution in [2.75, 3.05) is 21.2 Å². The van der Waals surface area contributed by atoms with E-state index in [2.05, 4.69) is 18.2 Å². The summed E-state index contributed by atoms with van der Waals surface area (Å²) in [6, 6.07) is 25.9. The van der Waals surface area contributed by atoms with E-state index in [1.54, 1.807) is 26.1 Å². The van der Waals surface area contributed by atoms with E-state index >= 15 is 0 Å². The third-order valence-electron chi connectivity index (χ3n) is 4.94. The summed E-state index contributed by atoms with van der Waals surface area (Å²) in [5, 5.41) is 0.878. The molecular formula is C25H22N2O2. The van der Waals surface area contributed by atoms with Crippen molar-refractivity contribution in [2.24, 2.45) is 0 Å². The molecule has 0 aliphatic heterocycles. The first kappa shape index (κ1) is 18.7. The lowest BCUT2D eigenvalue weighted by Gasteiger charge is -2.20. The van der Waals surface area contributed by atoms with Gasteiger partial charge in [-0.25, -0.2) is 4.98 Å². The number of carbonyl (C=O) groups is 1. The molecule has 0 spiro atoms.